The predicted octanol–water partition coefficient (Wildman–Crippen LogP) is 3.00. The van der Waals surface area contributed by atoms with Gasteiger partial charge < -0.3 is 0 Å². The van der Waals surface area contributed by atoms with Crippen molar-refractivity contribution < 1.29 is 0 Å². The van der Waals surface area contributed by atoms with Crippen LogP contribution in [0.3, 0.4) is 0 Å². The second-order valence-electron chi connectivity index (χ2n) is 4.30. The standard InChI is InChI=1S/C12H22ClN3/c1-6-9(3)16(7-2)8-11-10(4)14-15(5)12(11)13/h9H,6-8H2,1-5H3. The second-order valence-corrected chi connectivity index (χ2v) is 4.66. The summed E-state index contributed by atoms with van der Waals surface area (Å²) in [6.45, 7) is 10.6. The summed E-state index contributed by atoms with van der Waals surface area (Å²) in [7, 11) is 1.89. The summed E-state index contributed by atoms with van der Waals surface area (Å²) in [4.78, 5) is 2.43. The molecule has 1 atom stereocenters. The lowest BCUT2D eigenvalue weighted by Gasteiger charge is -2.26. The maximum Gasteiger partial charge on any atom is 0.131 e. The normalized spacial score (nSPS) is 13.4. The Morgan fingerprint density at radius 1 is 1.44 bits per heavy atom. The van der Waals surface area contributed by atoms with Gasteiger partial charge in [0.2, 0.25) is 0 Å². The molecule has 0 saturated carbocycles. The SMILES string of the molecule is CCC(C)N(CC)Cc1c(C)nn(C)c1Cl. The highest BCUT2D eigenvalue weighted by atomic mass is 35.5. The van der Waals surface area contributed by atoms with Crippen molar-refractivity contribution in [1.82, 2.24) is 14.7 Å². The van der Waals surface area contributed by atoms with Gasteiger partial charge in [-0.05, 0) is 26.8 Å². The fourth-order valence-electron chi connectivity index (χ4n) is 1.89. The van der Waals surface area contributed by atoms with Crippen LogP contribution >= 0.6 is 11.6 Å². The van der Waals surface area contributed by atoms with Gasteiger partial charge >= 0.3 is 0 Å². The molecule has 1 rings (SSSR count). The van der Waals surface area contributed by atoms with E-state index in [1.54, 1.807) is 4.68 Å². The van der Waals surface area contributed by atoms with Crippen molar-refractivity contribution in [2.45, 2.75) is 46.7 Å². The van der Waals surface area contributed by atoms with E-state index in [0.29, 0.717) is 6.04 Å². The number of nitrogens with zero attached hydrogens (tertiary/aromatic N) is 3. The summed E-state index contributed by atoms with van der Waals surface area (Å²) < 4.78 is 1.75. The molecule has 1 heterocycles. The lowest BCUT2D eigenvalue weighted by molar-refractivity contribution is 0.205. The van der Waals surface area contributed by atoms with Crippen LogP contribution in [-0.4, -0.2) is 27.3 Å². The minimum atomic E-state index is 0.584. The molecule has 3 nitrogen and oxygen atoms in total. The molecule has 92 valence electrons. The molecule has 1 aromatic rings. The lowest BCUT2D eigenvalue weighted by Crippen LogP contribution is -2.32. The Balaban J connectivity index is 2.85. The quantitative estimate of drug-likeness (QED) is 0.793. The monoisotopic (exact) mass is 243 g/mol. The van der Waals surface area contributed by atoms with E-state index in [1.165, 1.54) is 0 Å². The first kappa shape index (κ1) is 13.5. The summed E-state index contributed by atoms with van der Waals surface area (Å²) in [6, 6.07) is 0.584. The molecule has 1 aromatic heterocycles. The van der Waals surface area contributed by atoms with E-state index in [1.807, 2.05) is 14.0 Å². The Bertz CT molecular complexity index is 346. The Morgan fingerprint density at radius 2 is 2.06 bits per heavy atom. The van der Waals surface area contributed by atoms with Gasteiger partial charge in [-0.25, -0.2) is 0 Å². The summed E-state index contributed by atoms with van der Waals surface area (Å²) in [6.07, 6.45) is 1.16. The zero-order valence-electron chi connectivity index (χ0n) is 10.9. The van der Waals surface area contributed by atoms with Gasteiger partial charge in [0.05, 0.1) is 5.69 Å². The molecule has 0 aliphatic carbocycles. The number of hydrogen-bond acceptors (Lipinski definition) is 2. The molecule has 0 aliphatic heterocycles. The van der Waals surface area contributed by atoms with Crippen molar-refractivity contribution in [3.63, 3.8) is 0 Å². The Kier molecular flexibility index (Phi) is 4.81. The predicted molar refractivity (Wildman–Crippen MR) is 68.8 cm³/mol. The van der Waals surface area contributed by atoms with E-state index in [-0.39, 0.29) is 0 Å². The first-order valence-electron chi connectivity index (χ1n) is 5.93. The van der Waals surface area contributed by atoms with Crippen LogP contribution in [0.25, 0.3) is 0 Å². The first-order valence-corrected chi connectivity index (χ1v) is 6.31. The van der Waals surface area contributed by atoms with Gasteiger partial charge in [0.25, 0.3) is 0 Å². The van der Waals surface area contributed by atoms with Crippen LogP contribution in [0.2, 0.25) is 5.15 Å². The summed E-state index contributed by atoms with van der Waals surface area (Å²) in [5.41, 5.74) is 2.19. The van der Waals surface area contributed by atoms with Crippen molar-refractivity contribution >= 4 is 11.6 Å². The van der Waals surface area contributed by atoms with Crippen LogP contribution in [0.5, 0.6) is 0 Å². The number of halogens is 1. The van der Waals surface area contributed by atoms with E-state index < -0.39 is 0 Å². The fourth-order valence-corrected chi connectivity index (χ4v) is 2.13. The van der Waals surface area contributed by atoms with Gasteiger partial charge in [-0.2, -0.15) is 5.10 Å². The topological polar surface area (TPSA) is 21.1 Å². The van der Waals surface area contributed by atoms with Crippen molar-refractivity contribution in [1.29, 1.82) is 0 Å². The molecule has 1 unspecified atom stereocenters. The Morgan fingerprint density at radius 3 is 2.44 bits per heavy atom. The molecule has 0 spiro atoms. The minimum absolute atomic E-state index is 0.584. The summed E-state index contributed by atoms with van der Waals surface area (Å²) in [5.74, 6) is 0. The number of aromatic nitrogens is 2. The van der Waals surface area contributed by atoms with Gasteiger partial charge in [-0.3, -0.25) is 9.58 Å². The maximum absolute atomic E-state index is 6.24. The van der Waals surface area contributed by atoms with Gasteiger partial charge in [0.1, 0.15) is 5.15 Å². The largest absolute Gasteiger partial charge is 0.297 e. The molecule has 0 amide bonds. The van der Waals surface area contributed by atoms with Crippen LogP contribution in [0.4, 0.5) is 0 Å². The zero-order valence-corrected chi connectivity index (χ0v) is 11.7. The Labute approximate surface area is 103 Å². The van der Waals surface area contributed by atoms with Crippen LogP contribution in [-0.2, 0) is 13.6 Å². The third-order valence-electron chi connectivity index (χ3n) is 3.25. The molecule has 0 bridgehead atoms. The third kappa shape index (κ3) is 2.77. The van der Waals surface area contributed by atoms with E-state index in [0.717, 1.165) is 35.9 Å². The Hall–Kier alpha value is -0.540. The lowest BCUT2D eigenvalue weighted by atomic mass is 10.2. The van der Waals surface area contributed by atoms with Crippen LogP contribution < -0.4 is 0 Å². The van der Waals surface area contributed by atoms with Gasteiger partial charge in [0, 0.05) is 25.2 Å². The van der Waals surface area contributed by atoms with E-state index in [9.17, 15) is 0 Å². The molecule has 0 N–H and O–H groups in total. The van der Waals surface area contributed by atoms with Gasteiger partial charge in [-0.1, -0.05) is 25.4 Å². The third-order valence-corrected chi connectivity index (χ3v) is 3.72. The highest BCUT2D eigenvalue weighted by Crippen LogP contribution is 2.21. The highest BCUT2D eigenvalue weighted by molar-refractivity contribution is 6.30. The first-order chi connectivity index (χ1) is 7.51. The molecular formula is C12H22ClN3. The van der Waals surface area contributed by atoms with E-state index >= 15 is 0 Å². The van der Waals surface area contributed by atoms with Crippen LogP contribution in [0.1, 0.15) is 38.4 Å². The fraction of sp³-hybridized carbons (Fsp3) is 0.750. The van der Waals surface area contributed by atoms with Crippen LogP contribution in [0.15, 0.2) is 0 Å². The van der Waals surface area contributed by atoms with Crippen molar-refractivity contribution in [3.05, 3.63) is 16.4 Å². The summed E-state index contributed by atoms with van der Waals surface area (Å²) >= 11 is 6.24. The maximum atomic E-state index is 6.24. The van der Waals surface area contributed by atoms with Gasteiger partial charge in [-0.15, -0.1) is 0 Å². The molecular weight excluding hydrogens is 222 g/mol. The molecule has 0 fully saturated rings. The van der Waals surface area contributed by atoms with Crippen molar-refractivity contribution in [2.75, 3.05) is 6.54 Å². The minimum Gasteiger partial charge on any atom is -0.297 e. The number of hydrogen-bond donors (Lipinski definition) is 0. The molecule has 4 heteroatoms. The van der Waals surface area contributed by atoms with E-state index in [4.69, 9.17) is 11.6 Å². The molecule has 0 radical (unpaired) electrons. The average molecular weight is 244 g/mol. The van der Waals surface area contributed by atoms with Crippen LogP contribution in [0, 0.1) is 6.92 Å². The smallest absolute Gasteiger partial charge is 0.131 e. The number of rotatable bonds is 5. The molecule has 0 aliphatic rings. The average Bonchev–Trinajstić information content (AvgIpc) is 2.50. The summed E-state index contributed by atoms with van der Waals surface area (Å²) in [5, 5.41) is 5.10. The molecule has 0 saturated heterocycles. The highest BCUT2D eigenvalue weighted by Gasteiger charge is 2.17. The zero-order chi connectivity index (χ0) is 12.3. The number of aryl methyl sites for hydroxylation is 2. The molecule has 16 heavy (non-hydrogen) atoms. The van der Waals surface area contributed by atoms with Crippen molar-refractivity contribution in [2.24, 2.45) is 7.05 Å². The van der Waals surface area contributed by atoms with Crippen molar-refractivity contribution in [3.8, 4) is 0 Å². The second kappa shape index (κ2) is 5.69. The van der Waals surface area contributed by atoms with Gasteiger partial charge in [0.15, 0.2) is 0 Å². The van der Waals surface area contributed by atoms with E-state index in [2.05, 4.69) is 30.8 Å². The molecule has 0 aromatic carbocycles.